The van der Waals surface area contributed by atoms with E-state index in [1.807, 2.05) is 13.8 Å². The average molecular weight is 306 g/mol. The molecule has 0 fully saturated rings. The van der Waals surface area contributed by atoms with Crippen LogP contribution in [0.15, 0.2) is 35.1 Å². The van der Waals surface area contributed by atoms with Crippen molar-refractivity contribution in [2.75, 3.05) is 0 Å². The maximum Gasteiger partial charge on any atom is 0.261 e. The highest BCUT2D eigenvalue weighted by Gasteiger charge is 2.13. The fraction of sp³-hybridized carbons (Fsp3) is 0.250. The van der Waals surface area contributed by atoms with Crippen LogP contribution >= 0.6 is 0 Å². The summed E-state index contributed by atoms with van der Waals surface area (Å²) in [7, 11) is 0. The SMILES string of the molecule is CC(C)c1ccc(C(=O)NCc2cc(F)ccc2F)c(=O)[nH]1. The zero-order chi connectivity index (χ0) is 16.3. The molecule has 2 aromatic rings. The van der Waals surface area contributed by atoms with Gasteiger partial charge >= 0.3 is 0 Å². The zero-order valence-electron chi connectivity index (χ0n) is 12.2. The summed E-state index contributed by atoms with van der Waals surface area (Å²) in [4.78, 5) is 26.5. The summed E-state index contributed by atoms with van der Waals surface area (Å²) in [6.45, 7) is 3.63. The summed E-state index contributed by atoms with van der Waals surface area (Å²) in [5, 5.41) is 2.41. The molecular formula is C16H16F2N2O2. The number of carbonyl (C=O) groups is 1. The smallest absolute Gasteiger partial charge is 0.261 e. The Morgan fingerprint density at radius 3 is 2.59 bits per heavy atom. The van der Waals surface area contributed by atoms with E-state index in [-0.39, 0.29) is 23.6 Å². The molecule has 116 valence electrons. The molecule has 0 bridgehead atoms. The molecule has 1 heterocycles. The van der Waals surface area contributed by atoms with Gasteiger partial charge in [0.2, 0.25) is 0 Å². The molecule has 2 N–H and O–H groups in total. The first-order chi connectivity index (χ1) is 10.4. The highest BCUT2D eigenvalue weighted by molar-refractivity contribution is 5.93. The van der Waals surface area contributed by atoms with Crippen molar-refractivity contribution < 1.29 is 13.6 Å². The first-order valence-electron chi connectivity index (χ1n) is 6.84. The van der Waals surface area contributed by atoms with E-state index in [0.717, 1.165) is 23.9 Å². The quantitative estimate of drug-likeness (QED) is 0.912. The van der Waals surface area contributed by atoms with Crippen molar-refractivity contribution in [1.82, 2.24) is 10.3 Å². The topological polar surface area (TPSA) is 62.0 Å². The maximum absolute atomic E-state index is 13.5. The molecule has 0 aliphatic rings. The predicted molar refractivity (Wildman–Crippen MR) is 78.7 cm³/mol. The standard InChI is InChI=1S/C16H16F2N2O2/c1-9(2)14-6-4-12(16(22)20-14)15(21)19-8-10-7-11(17)3-5-13(10)18/h3-7,9H,8H2,1-2H3,(H,19,21)(H,20,22). The Hall–Kier alpha value is -2.50. The Kier molecular flexibility index (Phi) is 4.70. The number of nitrogens with one attached hydrogen (secondary N) is 2. The number of halogens is 2. The summed E-state index contributed by atoms with van der Waals surface area (Å²) < 4.78 is 26.5. The van der Waals surface area contributed by atoms with Crippen molar-refractivity contribution in [3.05, 3.63) is 69.1 Å². The van der Waals surface area contributed by atoms with Crippen molar-refractivity contribution in [1.29, 1.82) is 0 Å². The van der Waals surface area contributed by atoms with Crippen molar-refractivity contribution in [2.24, 2.45) is 0 Å². The number of aromatic nitrogens is 1. The summed E-state index contributed by atoms with van der Waals surface area (Å²) in [5.41, 5.74) is 0.158. The van der Waals surface area contributed by atoms with Crippen LogP contribution in [-0.2, 0) is 6.54 Å². The Morgan fingerprint density at radius 2 is 1.95 bits per heavy atom. The van der Waals surface area contributed by atoms with Crippen LogP contribution in [0, 0.1) is 11.6 Å². The van der Waals surface area contributed by atoms with E-state index in [2.05, 4.69) is 10.3 Å². The van der Waals surface area contributed by atoms with Gasteiger partial charge in [-0.3, -0.25) is 9.59 Å². The molecule has 0 atom stereocenters. The Bertz CT molecular complexity index is 754. The second-order valence-electron chi connectivity index (χ2n) is 5.23. The highest BCUT2D eigenvalue weighted by atomic mass is 19.1. The molecule has 6 heteroatoms. The maximum atomic E-state index is 13.5. The summed E-state index contributed by atoms with van der Waals surface area (Å²) in [6, 6.07) is 6.06. The van der Waals surface area contributed by atoms with Crippen LogP contribution < -0.4 is 10.9 Å². The molecule has 0 saturated carbocycles. The van der Waals surface area contributed by atoms with Gasteiger partial charge in [-0.15, -0.1) is 0 Å². The normalized spacial score (nSPS) is 10.8. The summed E-state index contributed by atoms with van der Waals surface area (Å²) in [5.74, 6) is -1.72. The second kappa shape index (κ2) is 6.51. The van der Waals surface area contributed by atoms with Crippen LogP contribution in [-0.4, -0.2) is 10.9 Å². The van der Waals surface area contributed by atoms with E-state index < -0.39 is 23.1 Å². The third-order valence-electron chi connectivity index (χ3n) is 3.25. The number of carbonyl (C=O) groups excluding carboxylic acids is 1. The van der Waals surface area contributed by atoms with Gasteiger partial charge in [0.25, 0.3) is 11.5 Å². The summed E-state index contributed by atoms with van der Waals surface area (Å²) in [6.07, 6.45) is 0. The molecule has 0 saturated heterocycles. The number of benzene rings is 1. The molecule has 1 aromatic heterocycles. The monoisotopic (exact) mass is 306 g/mol. The molecule has 22 heavy (non-hydrogen) atoms. The largest absolute Gasteiger partial charge is 0.348 e. The van der Waals surface area contributed by atoms with Crippen molar-refractivity contribution in [3.63, 3.8) is 0 Å². The lowest BCUT2D eigenvalue weighted by atomic mass is 10.1. The fourth-order valence-electron chi connectivity index (χ4n) is 1.95. The van der Waals surface area contributed by atoms with Crippen LogP contribution in [0.4, 0.5) is 8.78 Å². The van der Waals surface area contributed by atoms with Gasteiger partial charge in [-0.05, 0) is 36.2 Å². The minimum atomic E-state index is -0.639. The van der Waals surface area contributed by atoms with Crippen molar-refractivity contribution >= 4 is 5.91 Å². The zero-order valence-corrected chi connectivity index (χ0v) is 12.2. The van der Waals surface area contributed by atoms with Gasteiger partial charge in [-0.2, -0.15) is 0 Å². The third kappa shape index (κ3) is 3.58. The Balaban J connectivity index is 2.13. The van der Waals surface area contributed by atoms with Gasteiger partial charge in [0.05, 0.1) is 0 Å². The lowest BCUT2D eigenvalue weighted by Gasteiger charge is -2.08. The van der Waals surface area contributed by atoms with Crippen molar-refractivity contribution in [2.45, 2.75) is 26.3 Å². The summed E-state index contributed by atoms with van der Waals surface area (Å²) >= 11 is 0. The van der Waals surface area contributed by atoms with Gasteiger partial charge in [-0.25, -0.2) is 8.78 Å². The predicted octanol–water partition coefficient (Wildman–Crippen LogP) is 2.71. The van der Waals surface area contributed by atoms with Crippen molar-refractivity contribution in [3.8, 4) is 0 Å². The molecule has 0 radical (unpaired) electrons. The van der Waals surface area contributed by atoms with E-state index in [1.54, 1.807) is 6.07 Å². The lowest BCUT2D eigenvalue weighted by molar-refractivity contribution is 0.0949. The van der Waals surface area contributed by atoms with Crippen LogP contribution in [0.2, 0.25) is 0 Å². The Labute approximate surface area is 126 Å². The van der Waals surface area contributed by atoms with E-state index in [0.29, 0.717) is 0 Å². The number of H-pyrrole nitrogens is 1. The number of amides is 1. The van der Waals surface area contributed by atoms with Gasteiger partial charge in [0.1, 0.15) is 17.2 Å². The van der Waals surface area contributed by atoms with Crippen LogP contribution in [0.1, 0.15) is 41.4 Å². The van der Waals surface area contributed by atoms with E-state index >= 15 is 0 Å². The van der Waals surface area contributed by atoms with E-state index in [4.69, 9.17) is 0 Å². The minimum Gasteiger partial charge on any atom is -0.348 e. The third-order valence-corrected chi connectivity index (χ3v) is 3.25. The van der Waals surface area contributed by atoms with Crippen LogP contribution in [0.25, 0.3) is 0 Å². The molecule has 2 rings (SSSR count). The van der Waals surface area contributed by atoms with Crippen LogP contribution in [0.5, 0.6) is 0 Å². The number of pyridine rings is 1. The highest BCUT2D eigenvalue weighted by Crippen LogP contribution is 2.11. The molecule has 0 aliphatic carbocycles. The van der Waals surface area contributed by atoms with E-state index in [9.17, 15) is 18.4 Å². The van der Waals surface area contributed by atoms with Gasteiger partial charge in [-0.1, -0.05) is 13.8 Å². The number of hydrogen-bond donors (Lipinski definition) is 2. The first kappa shape index (κ1) is 15.9. The number of hydrogen-bond acceptors (Lipinski definition) is 2. The number of rotatable bonds is 4. The van der Waals surface area contributed by atoms with E-state index in [1.165, 1.54) is 6.07 Å². The molecule has 1 amide bonds. The van der Waals surface area contributed by atoms with Gasteiger partial charge < -0.3 is 10.3 Å². The first-order valence-corrected chi connectivity index (χ1v) is 6.84. The molecule has 4 nitrogen and oxygen atoms in total. The lowest BCUT2D eigenvalue weighted by Crippen LogP contribution is -2.30. The molecular weight excluding hydrogens is 290 g/mol. The second-order valence-corrected chi connectivity index (χ2v) is 5.23. The fourth-order valence-corrected chi connectivity index (χ4v) is 1.95. The Morgan fingerprint density at radius 1 is 1.23 bits per heavy atom. The van der Waals surface area contributed by atoms with Gasteiger partial charge in [0, 0.05) is 17.8 Å². The molecule has 0 unspecified atom stereocenters. The molecule has 0 spiro atoms. The molecule has 0 aliphatic heterocycles. The number of aromatic amines is 1. The van der Waals surface area contributed by atoms with Crippen LogP contribution in [0.3, 0.4) is 0 Å². The van der Waals surface area contributed by atoms with Gasteiger partial charge in [0.15, 0.2) is 0 Å². The average Bonchev–Trinajstić information content (AvgIpc) is 2.47. The minimum absolute atomic E-state index is 0.0172. The molecule has 1 aromatic carbocycles.